The maximum absolute atomic E-state index is 6.02. The van der Waals surface area contributed by atoms with Crippen LogP contribution in [0.5, 0.6) is 11.5 Å². The highest BCUT2D eigenvalue weighted by Crippen LogP contribution is 2.30. The average Bonchev–Trinajstić information content (AvgIpc) is 2.53. The first-order valence-electron chi connectivity index (χ1n) is 8.70. The lowest BCUT2D eigenvalue weighted by molar-refractivity contribution is 0.194. The van der Waals surface area contributed by atoms with Crippen LogP contribution in [0.2, 0.25) is 0 Å². The highest BCUT2D eigenvalue weighted by molar-refractivity contribution is 5.45. The zero-order chi connectivity index (χ0) is 16.9. The van der Waals surface area contributed by atoms with Crippen LogP contribution in [0, 0.1) is 0 Å². The van der Waals surface area contributed by atoms with E-state index in [4.69, 9.17) is 14.2 Å². The first-order valence-corrected chi connectivity index (χ1v) is 8.70. The molecule has 0 aliphatic heterocycles. The molecule has 132 valence electrons. The lowest BCUT2D eigenvalue weighted by Crippen LogP contribution is -2.16. The summed E-state index contributed by atoms with van der Waals surface area (Å²) in [5.74, 6) is 1.91. The summed E-state index contributed by atoms with van der Waals surface area (Å²) in [6, 6.07) is 6.11. The molecule has 0 spiro atoms. The van der Waals surface area contributed by atoms with Gasteiger partial charge in [-0.05, 0) is 51.9 Å². The van der Waals surface area contributed by atoms with Crippen LogP contribution in [-0.4, -0.2) is 52.5 Å². The first kappa shape index (κ1) is 19.8. The van der Waals surface area contributed by atoms with Gasteiger partial charge in [-0.25, -0.2) is 0 Å². The Bertz CT molecular complexity index is 421. The smallest absolute Gasteiger partial charge is 0.126 e. The third-order valence-corrected chi connectivity index (χ3v) is 3.63. The third kappa shape index (κ3) is 8.24. The second-order valence-corrected chi connectivity index (χ2v) is 6.04. The van der Waals surface area contributed by atoms with Gasteiger partial charge in [0.25, 0.3) is 0 Å². The largest absolute Gasteiger partial charge is 0.493 e. The van der Waals surface area contributed by atoms with Gasteiger partial charge in [-0.1, -0.05) is 19.4 Å². The van der Waals surface area contributed by atoms with E-state index in [-0.39, 0.29) is 0 Å². The predicted octanol–water partition coefficient (Wildman–Crippen LogP) is 3.78. The van der Waals surface area contributed by atoms with Crippen molar-refractivity contribution in [3.63, 3.8) is 0 Å². The van der Waals surface area contributed by atoms with Gasteiger partial charge in [0.15, 0.2) is 0 Å². The summed E-state index contributed by atoms with van der Waals surface area (Å²) in [6.07, 6.45) is 5.12. The molecule has 0 unspecified atom stereocenters. The highest BCUT2D eigenvalue weighted by Gasteiger charge is 2.11. The van der Waals surface area contributed by atoms with Crippen molar-refractivity contribution in [1.29, 1.82) is 0 Å². The van der Waals surface area contributed by atoms with E-state index < -0.39 is 0 Å². The van der Waals surface area contributed by atoms with Crippen LogP contribution in [0.15, 0.2) is 18.2 Å². The Kier molecular flexibility index (Phi) is 10.5. The number of nitrogens with zero attached hydrogens (tertiary/aromatic N) is 1. The molecule has 0 bridgehead atoms. The van der Waals surface area contributed by atoms with E-state index in [2.05, 4.69) is 25.9 Å². The van der Waals surface area contributed by atoms with Crippen LogP contribution in [0.4, 0.5) is 0 Å². The maximum atomic E-state index is 6.02. The zero-order valence-electron chi connectivity index (χ0n) is 15.3. The minimum atomic E-state index is 0.730. The van der Waals surface area contributed by atoms with Crippen molar-refractivity contribution < 1.29 is 14.2 Å². The Labute approximate surface area is 141 Å². The Balaban J connectivity index is 2.69. The van der Waals surface area contributed by atoms with Crippen LogP contribution in [0.3, 0.4) is 0 Å². The van der Waals surface area contributed by atoms with E-state index in [0.717, 1.165) is 70.0 Å². The number of methoxy groups -OCH3 is 1. The third-order valence-electron chi connectivity index (χ3n) is 3.63. The molecule has 0 aromatic heterocycles. The van der Waals surface area contributed by atoms with E-state index in [9.17, 15) is 0 Å². The molecular weight excluding hydrogens is 290 g/mol. The molecule has 1 aromatic rings. The molecule has 0 N–H and O–H groups in total. The van der Waals surface area contributed by atoms with Crippen LogP contribution in [0.25, 0.3) is 0 Å². The Hall–Kier alpha value is -1.26. The minimum absolute atomic E-state index is 0.730. The second-order valence-electron chi connectivity index (χ2n) is 6.04. The van der Waals surface area contributed by atoms with Gasteiger partial charge in [0.2, 0.25) is 0 Å². The number of rotatable bonds is 13. The summed E-state index contributed by atoms with van der Waals surface area (Å²) in [5, 5.41) is 0. The molecule has 1 rings (SSSR count). The Morgan fingerprint density at radius 1 is 0.913 bits per heavy atom. The van der Waals surface area contributed by atoms with Crippen molar-refractivity contribution in [1.82, 2.24) is 4.90 Å². The molecule has 23 heavy (non-hydrogen) atoms. The van der Waals surface area contributed by atoms with Crippen molar-refractivity contribution in [2.45, 2.75) is 39.0 Å². The molecule has 0 aliphatic rings. The fraction of sp³-hybridized carbons (Fsp3) is 0.684. The number of benzene rings is 1. The molecule has 0 amide bonds. The lowest BCUT2D eigenvalue weighted by Gasteiger charge is -2.17. The molecule has 4 nitrogen and oxygen atoms in total. The summed E-state index contributed by atoms with van der Waals surface area (Å²) in [4.78, 5) is 2.17. The van der Waals surface area contributed by atoms with Crippen LogP contribution >= 0.6 is 0 Å². The van der Waals surface area contributed by atoms with Gasteiger partial charge in [0, 0.05) is 25.8 Å². The molecular formula is C19H33NO3. The zero-order valence-corrected chi connectivity index (χ0v) is 15.3. The quantitative estimate of drug-likeness (QED) is 0.517. The van der Waals surface area contributed by atoms with Crippen molar-refractivity contribution in [3.8, 4) is 11.5 Å². The molecule has 0 fully saturated rings. The fourth-order valence-corrected chi connectivity index (χ4v) is 2.35. The molecule has 4 heteroatoms. The summed E-state index contributed by atoms with van der Waals surface area (Å²) in [5.41, 5.74) is 1.17. The van der Waals surface area contributed by atoms with Gasteiger partial charge in [0.1, 0.15) is 11.5 Å². The molecule has 0 atom stereocenters. The number of unbranched alkanes of at least 4 members (excludes halogenated alkanes) is 1. The predicted molar refractivity (Wildman–Crippen MR) is 95.7 cm³/mol. The molecule has 0 saturated heterocycles. The van der Waals surface area contributed by atoms with Crippen LogP contribution in [-0.2, 0) is 11.2 Å². The summed E-state index contributed by atoms with van der Waals surface area (Å²) in [6.45, 7) is 5.45. The van der Waals surface area contributed by atoms with Crippen molar-refractivity contribution in [2.75, 3.05) is 47.6 Å². The number of ether oxygens (including phenoxy) is 3. The van der Waals surface area contributed by atoms with Crippen LogP contribution in [0.1, 0.15) is 38.2 Å². The van der Waals surface area contributed by atoms with Crippen molar-refractivity contribution in [2.24, 2.45) is 0 Å². The van der Waals surface area contributed by atoms with Crippen molar-refractivity contribution >= 4 is 0 Å². The maximum Gasteiger partial charge on any atom is 0.126 e. The van der Waals surface area contributed by atoms with Gasteiger partial charge in [0.05, 0.1) is 13.2 Å². The van der Waals surface area contributed by atoms with Gasteiger partial charge < -0.3 is 19.1 Å². The van der Waals surface area contributed by atoms with E-state index in [0.29, 0.717) is 0 Å². The molecule has 0 heterocycles. The highest BCUT2D eigenvalue weighted by atomic mass is 16.5. The average molecular weight is 323 g/mol. The SMILES string of the molecule is CCCCOc1cccc(OCCCN(C)C)c1CCCOC. The molecule has 0 saturated carbocycles. The molecule has 1 aromatic carbocycles. The Morgan fingerprint density at radius 2 is 1.57 bits per heavy atom. The van der Waals surface area contributed by atoms with Gasteiger partial charge in [-0.15, -0.1) is 0 Å². The molecule has 0 aliphatic carbocycles. The first-order chi connectivity index (χ1) is 11.2. The lowest BCUT2D eigenvalue weighted by atomic mass is 10.1. The minimum Gasteiger partial charge on any atom is -0.493 e. The van der Waals surface area contributed by atoms with Crippen LogP contribution < -0.4 is 9.47 Å². The van der Waals surface area contributed by atoms with E-state index in [1.807, 2.05) is 18.2 Å². The number of hydrogen-bond acceptors (Lipinski definition) is 4. The van der Waals surface area contributed by atoms with E-state index >= 15 is 0 Å². The van der Waals surface area contributed by atoms with E-state index in [1.165, 1.54) is 5.56 Å². The summed E-state index contributed by atoms with van der Waals surface area (Å²) >= 11 is 0. The van der Waals surface area contributed by atoms with Gasteiger partial charge in [-0.2, -0.15) is 0 Å². The summed E-state index contributed by atoms with van der Waals surface area (Å²) in [7, 11) is 5.90. The molecule has 0 radical (unpaired) electrons. The van der Waals surface area contributed by atoms with Gasteiger partial charge in [-0.3, -0.25) is 0 Å². The normalized spacial score (nSPS) is 11.0. The standard InChI is InChI=1S/C19H33NO3/c1-5-6-15-22-18-11-7-12-19(17(18)10-8-14-21-4)23-16-9-13-20(2)3/h7,11-12H,5-6,8-10,13-16H2,1-4H3. The van der Waals surface area contributed by atoms with Crippen molar-refractivity contribution in [3.05, 3.63) is 23.8 Å². The second kappa shape index (κ2) is 12.2. The topological polar surface area (TPSA) is 30.9 Å². The van der Waals surface area contributed by atoms with E-state index in [1.54, 1.807) is 7.11 Å². The summed E-state index contributed by atoms with van der Waals surface area (Å²) < 4.78 is 17.2. The monoisotopic (exact) mass is 323 g/mol. The van der Waals surface area contributed by atoms with Gasteiger partial charge >= 0.3 is 0 Å². The Morgan fingerprint density at radius 3 is 2.13 bits per heavy atom. The number of hydrogen-bond donors (Lipinski definition) is 0. The fourth-order valence-electron chi connectivity index (χ4n) is 2.35.